The number of carbonyl (C=O) groups excluding carboxylic acids is 3. The van der Waals surface area contributed by atoms with Gasteiger partial charge in [0.05, 0.1) is 26.4 Å². The van der Waals surface area contributed by atoms with Crippen molar-refractivity contribution in [2.45, 2.75) is 347 Å². The summed E-state index contributed by atoms with van der Waals surface area (Å²) in [6, 6.07) is 0. The van der Waals surface area contributed by atoms with E-state index in [4.69, 9.17) is 32.3 Å². The molecule has 4 N–H and O–H groups in total. The number of rotatable bonds is 76. The summed E-state index contributed by atoms with van der Waals surface area (Å²) >= 11 is 0. The monoisotopic (exact) mass is 1490 g/mol. The number of carbonyl (C=O) groups is 3. The second kappa shape index (κ2) is 77.3. The third-order valence-electron chi connectivity index (χ3n) is 16.9. The smallest absolute Gasteiger partial charge is 0.463 e. The number of aliphatic hydroxyl groups is 2. The van der Waals surface area contributed by atoms with Crippen LogP contribution in [0, 0.1) is 0 Å². The number of unbranched alkanes of at least 4 members (excludes halogenated alkanes) is 31. The van der Waals surface area contributed by atoms with Gasteiger partial charge in [0.2, 0.25) is 0 Å². The Labute approximate surface area is 626 Å². The van der Waals surface area contributed by atoms with Gasteiger partial charge in [-0.3, -0.25) is 32.5 Å². The summed E-state index contributed by atoms with van der Waals surface area (Å²) in [6.07, 6.45) is 93.7. The van der Waals surface area contributed by atoms with Crippen molar-refractivity contribution < 1.29 is 75.8 Å². The molecule has 18 heteroatoms. The summed E-state index contributed by atoms with van der Waals surface area (Å²) in [6.45, 7) is 2.44. The topological polar surface area (TPSA) is 231 Å². The lowest BCUT2D eigenvalue weighted by Crippen LogP contribution is -2.30. The Kier molecular flexibility index (Phi) is 74.1. The lowest BCUT2D eigenvalue weighted by atomic mass is 10.0. The van der Waals surface area contributed by atoms with Gasteiger partial charge in [-0.2, -0.15) is 0 Å². The zero-order valence-electron chi connectivity index (χ0n) is 64.7. The first-order valence-corrected chi connectivity index (χ1v) is 43.5. The SMILES string of the molecule is CC/C=C\C/C=C\C/C=C\C/C=C\C/C=C\C/C=C\CCCCCCCCC(=O)OCC(COP(=O)(O)OCC(O)COP(=O)(O)OCC(O)COC(=O)CCCCCCCCCCCCCCCCC/C=C\C/C=C\C/C=C\C/C=C\C/C=C\CC)OC(=O)CCCCCCCCCCCCC. The molecule has 0 amide bonds. The number of allylic oxidation sites excluding steroid dienone is 22. The molecule has 5 atom stereocenters. The van der Waals surface area contributed by atoms with Crippen molar-refractivity contribution in [1.82, 2.24) is 0 Å². The van der Waals surface area contributed by atoms with Crippen LogP contribution in [0.4, 0.5) is 0 Å². The Morgan fingerprint density at radius 3 is 0.816 bits per heavy atom. The van der Waals surface area contributed by atoms with Crippen LogP contribution in [0.15, 0.2) is 134 Å². The van der Waals surface area contributed by atoms with Gasteiger partial charge in [-0.05, 0) is 116 Å². The number of phosphoric acid groups is 2. The van der Waals surface area contributed by atoms with E-state index in [1.54, 1.807) is 0 Å². The number of esters is 3. The average molecular weight is 1490 g/mol. The van der Waals surface area contributed by atoms with Crippen molar-refractivity contribution in [3.8, 4) is 0 Å². The van der Waals surface area contributed by atoms with Crippen molar-refractivity contribution in [2.24, 2.45) is 0 Å². The molecule has 0 aromatic heterocycles. The molecule has 0 fully saturated rings. The van der Waals surface area contributed by atoms with Gasteiger partial charge in [0.1, 0.15) is 25.4 Å². The first-order valence-electron chi connectivity index (χ1n) is 40.5. The number of aliphatic hydroxyl groups excluding tert-OH is 2. The highest BCUT2D eigenvalue weighted by molar-refractivity contribution is 7.47. The highest BCUT2D eigenvalue weighted by atomic mass is 31.2. The van der Waals surface area contributed by atoms with Crippen LogP contribution in [0.5, 0.6) is 0 Å². The normalized spacial score (nSPS) is 14.7. The standard InChI is InChI=1S/C85H146O16P2/c1-4-7-10-13-16-19-22-24-26-28-30-32-34-36-37-38-39-40-41-43-45-46-48-50-52-54-57-59-62-65-68-71-83(88)95-74-80(86)75-97-102(91,92)98-76-81(87)77-99-103(93,94)100-79-82(101-85(90)73-70-67-64-61-56-21-18-15-12-9-6-3)78-96-84(89)72-69-66-63-60-58-55-53-51-49-47-44-42-35-33-31-29-27-25-23-20-17-14-11-8-5-2/h7-8,10-11,16-17,19-20,24-27,30-33,36-37,42,44,49,51,80-82,86-87H,4-6,9,12-15,18,21-23,28-29,34-35,38-41,43,45-48,50,52-79H2,1-3H3,(H,91,92)(H,93,94)/b10-7-,11-8-,19-16-,20-17-,26-24-,27-25-,32-30-,33-31-,37-36-,44-42-,51-49-. The fraction of sp³-hybridized carbons (Fsp3) is 0.706. The van der Waals surface area contributed by atoms with E-state index < -0.39 is 91.5 Å². The second-order valence-corrected chi connectivity index (χ2v) is 29.7. The Morgan fingerprint density at radius 2 is 0.515 bits per heavy atom. The molecule has 0 aromatic carbocycles. The molecule has 592 valence electrons. The summed E-state index contributed by atoms with van der Waals surface area (Å²) < 4.78 is 61.1. The molecule has 0 radical (unpaired) electrons. The van der Waals surface area contributed by atoms with Gasteiger partial charge >= 0.3 is 33.6 Å². The summed E-state index contributed by atoms with van der Waals surface area (Å²) in [5.41, 5.74) is 0. The van der Waals surface area contributed by atoms with E-state index in [1.165, 1.54) is 116 Å². The molecule has 5 unspecified atom stereocenters. The van der Waals surface area contributed by atoms with Crippen molar-refractivity contribution in [1.29, 1.82) is 0 Å². The fourth-order valence-corrected chi connectivity index (χ4v) is 12.4. The van der Waals surface area contributed by atoms with Crippen LogP contribution >= 0.6 is 15.6 Å². The summed E-state index contributed by atoms with van der Waals surface area (Å²) in [7, 11) is -9.79. The molecule has 0 aliphatic heterocycles. The highest BCUT2D eigenvalue weighted by Gasteiger charge is 2.29. The number of hydrogen-bond acceptors (Lipinski definition) is 14. The summed E-state index contributed by atoms with van der Waals surface area (Å²) in [5, 5.41) is 20.6. The maximum Gasteiger partial charge on any atom is 0.472 e. The summed E-state index contributed by atoms with van der Waals surface area (Å²) in [4.78, 5) is 58.6. The van der Waals surface area contributed by atoms with Gasteiger partial charge in [-0.15, -0.1) is 0 Å². The van der Waals surface area contributed by atoms with Crippen molar-refractivity contribution in [3.63, 3.8) is 0 Å². The van der Waals surface area contributed by atoms with E-state index in [2.05, 4.69) is 154 Å². The van der Waals surface area contributed by atoms with E-state index in [-0.39, 0.29) is 19.3 Å². The minimum atomic E-state index is -4.93. The predicted octanol–water partition coefficient (Wildman–Crippen LogP) is 23.9. The molecule has 0 rings (SSSR count). The maximum atomic E-state index is 12.9. The third kappa shape index (κ3) is 78.6. The van der Waals surface area contributed by atoms with E-state index in [1.807, 2.05) is 0 Å². The lowest BCUT2D eigenvalue weighted by molar-refractivity contribution is -0.161. The fourth-order valence-electron chi connectivity index (χ4n) is 10.8. The van der Waals surface area contributed by atoms with Crippen LogP contribution in [0.1, 0.15) is 329 Å². The minimum Gasteiger partial charge on any atom is -0.463 e. The minimum absolute atomic E-state index is 0.101. The van der Waals surface area contributed by atoms with Crippen molar-refractivity contribution in [3.05, 3.63) is 134 Å². The Morgan fingerprint density at radius 1 is 0.282 bits per heavy atom. The Balaban J connectivity index is 4.43. The largest absolute Gasteiger partial charge is 0.472 e. The molecular weight excluding hydrogens is 1340 g/mol. The van der Waals surface area contributed by atoms with Gasteiger partial charge in [-0.1, -0.05) is 328 Å². The molecule has 0 bridgehead atoms. The molecule has 0 heterocycles. The van der Waals surface area contributed by atoms with Crippen molar-refractivity contribution in [2.75, 3.05) is 39.6 Å². The Bertz CT molecular complexity index is 2410. The molecule has 0 saturated carbocycles. The van der Waals surface area contributed by atoms with E-state index in [0.29, 0.717) is 19.3 Å². The molecule has 0 aliphatic rings. The van der Waals surface area contributed by atoms with Crippen LogP contribution < -0.4 is 0 Å². The molecule has 16 nitrogen and oxygen atoms in total. The summed E-state index contributed by atoms with van der Waals surface area (Å²) in [5.74, 6) is -1.59. The first-order chi connectivity index (χ1) is 50.2. The Hall–Kier alpha value is -4.31. The van der Waals surface area contributed by atoms with Gasteiger partial charge in [0.15, 0.2) is 6.10 Å². The van der Waals surface area contributed by atoms with Gasteiger partial charge in [0.25, 0.3) is 0 Å². The van der Waals surface area contributed by atoms with E-state index in [9.17, 15) is 43.5 Å². The average Bonchev–Trinajstić information content (AvgIpc) is 0.912. The molecule has 103 heavy (non-hydrogen) atoms. The van der Waals surface area contributed by atoms with Gasteiger partial charge in [0, 0.05) is 19.3 Å². The number of phosphoric ester groups is 2. The van der Waals surface area contributed by atoms with Crippen LogP contribution in [0.2, 0.25) is 0 Å². The van der Waals surface area contributed by atoms with Gasteiger partial charge in [-0.25, -0.2) is 9.13 Å². The van der Waals surface area contributed by atoms with Gasteiger partial charge < -0.3 is 34.2 Å². The van der Waals surface area contributed by atoms with Crippen molar-refractivity contribution >= 4 is 33.6 Å². The third-order valence-corrected chi connectivity index (χ3v) is 18.8. The van der Waals surface area contributed by atoms with Crippen LogP contribution in [0.3, 0.4) is 0 Å². The maximum absolute atomic E-state index is 12.9. The molecule has 0 aliphatic carbocycles. The quantitative estimate of drug-likeness (QED) is 0.0146. The first kappa shape index (κ1) is 98.7. The van der Waals surface area contributed by atoms with Crippen LogP contribution in [-0.2, 0) is 55.8 Å². The predicted molar refractivity (Wildman–Crippen MR) is 426 cm³/mol. The van der Waals surface area contributed by atoms with E-state index >= 15 is 0 Å². The highest BCUT2D eigenvalue weighted by Crippen LogP contribution is 2.45. The zero-order valence-corrected chi connectivity index (χ0v) is 66.5. The van der Waals surface area contributed by atoms with E-state index in [0.717, 1.165) is 154 Å². The number of ether oxygens (including phenoxy) is 3. The molecule has 0 aromatic rings. The van der Waals surface area contributed by atoms with Crippen LogP contribution in [-0.4, -0.2) is 95.9 Å². The second-order valence-electron chi connectivity index (χ2n) is 26.8. The zero-order chi connectivity index (χ0) is 75.2. The molecule has 0 spiro atoms. The molecular formula is C85H146O16P2. The lowest BCUT2D eigenvalue weighted by Gasteiger charge is -2.21. The molecule has 0 saturated heterocycles. The van der Waals surface area contributed by atoms with Crippen LogP contribution in [0.25, 0.3) is 0 Å². The number of hydrogen-bond donors (Lipinski definition) is 4.